The fourth-order valence-electron chi connectivity index (χ4n) is 3.50. The summed E-state index contributed by atoms with van der Waals surface area (Å²) in [4.78, 5) is 38.7. The Morgan fingerprint density at radius 3 is 2.45 bits per heavy atom. The smallest absolute Gasteiger partial charge is 0.331 e. The highest BCUT2D eigenvalue weighted by atomic mass is 35.5. The number of benzene rings is 3. The SMILES string of the molecule is COc1ccc(NC(=O)c2ccc3c(c2)c(=O)n(Cc2ccc(F)c(Cl)c2)c(=O)n3C)cc1. The molecule has 0 spiro atoms. The molecule has 0 saturated carbocycles. The molecule has 168 valence electrons. The van der Waals surface area contributed by atoms with Crippen molar-refractivity contribution in [2.45, 2.75) is 6.54 Å². The van der Waals surface area contributed by atoms with Crippen molar-refractivity contribution in [2.24, 2.45) is 7.05 Å². The zero-order chi connectivity index (χ0) is 23.7. The van der Waals surface area contributed by atoms with Crippen molar-refractivity contribution in [2.75, 3.05) is 12.4 Å². The number of methoxy groups -OCH3 is 1. The number of nitrogens with zero attached hydrogens (tertiary/aromatic N) is 2. The van der Waals surface area contributed by atoms with Gasteiger partial charge in [0.2, 0.25) is 0 Å². The van der Waals surface area contributed by atoms with Crippen LogP contribution in [-0.4, -0.2) is 22.2 Å². The maximum atomic E-state index is 13.5. The molecule has 4 aromatic rings. The Hall–Kier alpha value is -3.91. The lowest BCUT2D eigenvalue weighted by Gasteiger charge is -2.12. The Morgan fingerprint density at radius 2 is 1.79 bits per heavy atom. The van der Waals surface area contributed by atoms with Crippen LogP contribution in [0.4, 0.5) is 10.1 Å². The molecular formula is C24H19ClFN3O4. The first-order valence-electron chi connectivity index (χ1n) is 9.91. The number of aromatic nitrogens is 2. The third kappa shape index (κ3) is 4.38. The predicted molar refractivity (Wildman–Crippen MR) is 125 cm³/mol. The number of anilines is 1. The van der Waals surface area contributed by atoms with Crippen LogP contribution < -0.4 is 21.3 Å². The average Bonchev–Trinajstić information content (AvgIpc) is 2.82. The van der Waals surface area contributed by atoms with E-state index in [0.29, 0.717) is 22.5 Å². The lowest BCUT2D eigenvalue weighted by molar-refractivity contribution is 0.102. The van der Waals surface area contributed by atoms with Crippen molar-refractivity contribution in [3.05, 3.63) is 103 Å². The first-order chi connectivity index (χ1) is 15.8. The monoisotopic (exact) mass is 467 g/mol. The Kier molecular flexibility index (Phi) is 6.02. The van der Waals surface area contributed by atoms with Crippen LogP contribution in [0.3, 0.4) is 0 Å². The van der Waals surface area contributed by atoms with Gasteiger partial charge in [-0.2, -0.15) is 0 Å². The van der Waals surface area contributed by atoms with Gasteiger partial charge in [-0.25, -0.2) is 9.18 Å². The summed E-state index contributed by atoms with van der Waals surface area (Å²) in [5, 5.41) is 2.86. The second kappa shape index (κ2) is 8.91. The van der Waals surface area contributed by atoms with E-state index in [1.165, 1.54) is 35.9 Å². The fraction of sp³-hybridized carbons (Fsp3) is 0.125. The number of carbonyl (C=O) groups is 1. The Labute approximate surface area is 192 Å². The summed E-state index contributed by atoms with van der Waals surface area (Å²) >= 11 is 5.83. The minimum Gasteiger partial charge on any atom is -0.497 e. The summed E-state index contributed by atoms with van der Waals surface area (Å²) < 4.78 is 20.9. The van der Waals surface area contributed by atoms with Crippen LogP contribution in [0.25, 0.3) is 10.9 Å². The molecule has 7 nitrogen and oxygen atoms in total. The van der Waals surface area contributed by atoms with Gasteiger partial charge in [0.05, 0.1) is 29.6 Å². The van der Waals surface area contributed by atoms with Crippen molar-refractivity contribution in [1.82, 2.24) is 9.13 Å². The largest absolute Gasteiger partial charge is 0.497 e. The summed E-state index contributed by atoms with van der Waals surface area (Å²) in [6.07, 6.45) is 0. The first kappa shape index (κ1) is 22.3. The lowest BCUT2D eigenvalue weighted by atomic mass is 10.1. The van der Waals surface area contributed by atoms with E-state index < -0.39 is 23.0 Å². The third-order valence-electron chi connectivity index (χ3n) is 5.29. The summed E-state index contributed by atoms with van der Waals surface area (Å²) in [6, 6.07) is 15.4. The maximum Gasteiger partial charge on any atom is 0.331 e. The predicted octanol–water partition coefficient (Wildman–Crippen LogP) is 3.80. The molecule has 4 rings (SSSR count). The molecule has 0 saturated heterocycles. The van der Waals surface area contributed by atoms with Crippen LogP contribution in [-0.2, 0) is 13.6 Å². The Morgan fingerprint density at radius 1 is 1.06 bits per heavy atom. The van der Waals surface area contributed by atoms with Crippen LogP contribution in [0.5, 0.6) is 5.75 Å². The Balaban J connectivity index is 1.72. The number of hydrogen-bond donors (Lipinski definition) is 1. The van der Waals surface area contributed by atoms with Gasteiger partial charge in [0.15, 0.2) is 0 Å². The van der Waals surface area contributed by atoms with Crippen molar-refractivity contribution in [3.63, 3.8) is 0 Å². The summed E-state index contributed by atoms with van der Waals surface area (Å²) in [7, 11) is 3.09. The van der Waals surface area contributed by atoms with E-state index in [2.05, 4.69) is 5.32 Å². The van der Waals surface area contributed by atoms with Gasteiger partial charge in [0.1, 0.15) is 11.6 Å². The van der Waals surface area contributed by atoms with Crippen molar-refractivity contribution in [1.29, 1.82) is 0 Å². The van der Waals surface area contributed by atoms with E-state index in [-0.39, 0.29) is 22.5 Å². The van der Waals surface area contributed by atoms with Gasteiger partial charge in [0, 0.05) is 18.3 Å². The van der Waals surface area contributed by atoms with Crippen LogP contribution in [0.1, 0.15) is 15.9 Å². The summed E-state index contributed by atoms with van der Waals surface area (Å²) in [6.45, 7) is -0.0935. The zero-order valence-electron chi connectivity index (χ0n) is 17.8. The van der Waals surface area contributed by atoms with E-state index in [1.54, 1.807) is 43.5 Å². The molecule has 33 heavy (non-hydrogen) atoms. The summed E-state index contributed by atoms with van der Waals surface area (Å²) in [5.74, 6) is -0.346. The first-order valence-corrected chi connectivity index (χ1v) is 10.3. The minimum atomic E-state index is -0.591. The third-order valence-corrected chi connectivity index (χ3v) is 5.58. The standard InChI is InChI=1S/C24H19ClFN3O4/c1-28-21-10-4-15(22(30)27-16-5-7-17(33-2)8-6-16)12-18(21)23(31)29(24(28)32)13-14-3-9-20(26)19(25)11-14/h3-12H,13H2,1-2H3,(H,27,30). The number of carbonyl (C=O) groups excluding carboxylic acids is 1. The van der Waals surface area contributed by atoms with Gasteiger partial charge in [-0.05, 0) is 60.2 Å². The van der Waals surface area contributed by atoms with Crippen LogP contribution in [0.2, 0.25) is 5.02 Å². The minimum absolute atomic E-state index is 0.0935. The van der Waals surface area contributed by atoms with Gasteiger partial charge < -0.3 is 10.1 Å². The highest BCUT2D eigenvalue weighted by Crippen LogP contribution is 2.18. The highest BCUT2D eigenvalue weighted by Gasteiger charge is 2.15. The molecule has 1 aromatic heterocycles. The fourth-order valence-corrected chi connectivity index (χ4v) is 3.70. The van der Waals surface area contributed by atoms with Gasteiger partial charge in [-0.3, -0.25) is 18.7 Å². The molecule has 1 heterocycles. The molecule has 0 atom stereocenters. The topological polar surface area (TPSA) is 82.3 Å². The van der Waals surface area contributed by atoms with E-state index in [9.17, 15) is 18.8 Å². The molecule has 0 bridgehead atoms. The molecular weight excluding hydrogens is 449 g/mol. The average molecular weight is 468 g/mol. The quantitative estimate of drug-likeness (QED) is 0.484. The molecule has 1 N–H and O–H groups in total. The molecule has 0 unspecified atom stereocenters. The van der Waals surface area contributed by atoms with Gasteiger partial charge in [-0.15, -0.1) is 0 Å². The number of rotatable bonds is 5. The van der Waals surface area contributed by atoms with E-state index in [0.717, 1.165) is 4.57 Å². The number of hydrogen-bond acceptors (Lipinski definition) is 4. The van der Waals surface area contributed by atoms with Gasteiger partial charge >= 0.3 is 5.69 Å². The number of aryl methyl sites for hydroxylation is 1. The molecule has 0 fully saturated rings. The van der Waals surface area contributed by atoms with Crippen molar-refractivity contribution in [3.8, 4) is 5.75 Å². The van der Waals surface area contributed by atoms with Gasteiger partial charge in [-0.1, -0.05) is 17.7 Å². The molecule has 3 aromatic carbocycles. The Bertz CT molecular complexity index is 1490. The molecule has 0 aliphatic rings. The molecule has 9 heteroatoms. The van der Waals surface area contributed by atoms with Gasteiger partial charge in [0.25, 0.3) is 11.5 Å². The van der Waals surface area contributed by atoms with Crippen molar-refractivity contribution >= 4 is 34.1 Å². The van der Waals surface area contributed by atoms with E-state index >= 15 is 0 Å². The maximum absolute atomic E-state index is 13.5. The lowest BCUT2D eigenvalue weighted by Crippen LogP contribution is -2.39. The number of fused-ring (bicyclic) bond motifs is 1. The second-order valence-corrected chi connectivity index (χ2v) is 7.80. The molecule has 0 aliphatic heterocycles. The van der Waals surface area contributed by atoms with E-state index in [4.69, 9.17) is 16.3 Å². The van der Waals surface area contributed by atoms with Crippen LogP contribution >= 0.6 is 11.6 Å². The van der Waals surface area contributed by atoms with Crippen LogP contribution in [0, 0.1) is 5.82 Å². The van der Waals surface area contributed by atoms with E-state index in [1.807, 2.05) is 0 Å². The number of ether oxygens (including phenoxy) is 1. The van der Waals surface area contributed by atoms with Crippen LogP contribution in [0.15, 0.2) is 70.3 Å². The molecule has 0 radical (unpaired) electrons. The number of nitrogens with one attached hydrogen (secondary N) is 1. The van der Waals surface area contributed by atoms with Crippen molar-refractivity contribution < 1.29 is 13.9 Å². The number of amides is 1. The number of halogens is 2. The molecule has 1 amide bonds. The zero-order valence-corrected chi connectivity index (χ0v) is 18.5. The summed E-state index contributed by atoms with van der Waals surface area (Å²) in [5.41, 5.74) is 0.598. The normalized spacial score (nSPS) is 10.9. The molecule has 0 aliphatic carbocycles. The second-order valence-electron chi connectivity index (χ2n) is 7.40. The highest BCUT2D eigenvalue weighted by molar-refractivity contribution is 6.30.